The molecule has 1 rings (SSSR count). The Hall–Kier alpha value is -0.860. The topological polar surface area (TPSA) is 41.5 Å². The minimum atomic E-state index is 0.0977. The largest absolute Gasteiger partial charge is 0.273 e. The minimum Gasteiger partial charge on any atom is -0.273 e. The molecule has 22 heavy (non-hydrogen) atoms. The van der Waals surface area contributed by atoms with E-state index in [-0.39, 0.29) is 5.91 Å². The van der Waals surface area contributed by atoms with Gasteiger partial charge in [-0.3, -0.25) is 4.79 Å². The fraction of sp³-hybridized carbons (Fsp3) is 0.895. The second kappa shape index (κ2) is 13.8. The molecule has 1 N–H and O–H groups in total. The van der Waals surface area contributed by atoms with Crippen molar-refractivity contribution in [3.05, 3.63) is 0 Å². The minimum absolute atomic E-state index is 0.0977. The number of hydrogen-bond acceptors (Lipinski definition) is 2. The maximum atomic E-state index is 11.8. The molecule has 0 radical (unpaired) electrons. The molecule has 0 atom stereocenters. The third-order valence-electron chi connectivity index (χ3n) is 4.53. The predicted octanol–water partition coefficient (Wildman–Crippen LogP) is 5.73. The first-order valence-electron chi connectivity index (χ1n) is 9.67. The molecule has 1 aliphatic rings. The van der Waals surface area contributed by atoms with Gasteiger partial charge in [0.1, 0.15) is 0 Å². The summed E-state index contributed by atoms with van der Waals surface area (Å²) in [5.74, 6) is 0.0977. The summed E-state index contributed by atoms with van der Waals surface area (Å²) in [6, 6.07) is 0. The second-order valence-corrected chi connectivity index (χ2v) is 6.71. The van der Waals surface area contributed by atoms with E-state index in [0.29, 0.717) is 6.42 Å². The van der Waals surface area contributed by atoms with E-state index >= 15 is 0 Å². The first-order chi connectivity index (χ1) is 10.8. The number of hydrazone groups is 1. The number of carbonyl (C=O) groups is 1. The van der Waals surface area contributed by atoms with Gasteiger partial charge in [-0.25, -0.2) is 5.43 Å². The summed E-state index contributed by atoms with van der Waals surface area (Å²) in [5, 5.41) is 4.35. The zero-order chi connectivity index (χ0) is 15.9. The van der Waals surface area contributed by atoms with Gasteiger partial charge in [0.2, 0.25) is 5.91 Å². The lowest BCUT2D eigenvalue weighted by molar-refractivity contribution is -0.121. The number of carbonyl (C=O) groups excluding carboxylic acids is 1. The van der Waals surface area contributed by atoms with Gasteiger partial charge < -0.3 is 0 Å². The number of rotatable bonds is 10. The zero-order valence-electron chi connectivity index (χ0n) is 14.7. The average Bonchev–Trinajstić information content (AvgIpc) is 2.49. The molecule has 0 unspecified atom stereocenters. The maximum absolute atomic E-state index is 11.8. The number of hydrogen-bond donors (Lipinski definition) is 1. The normalized spacial score (nSPS) is 16.0. The first kappa shape index (κ1) is 19.2. The van der Waals surface area contributed by atoms with Gasteiger partial charge in [0.05, 0.1) is 0 Å². The van der Waals surface area contributed by atoms with E-state index in [1.54, 1.807) is 0 Å². The SMILES string of the molecule is CCCCCCCCCCC(=O)NN=C1CCCCCCC1. The summed E-state index contributed by atoms with van der Waals surface area (Å²) in [5.41, 5.74) is 3.97. The van der Waals surface area contributed by atoms with Crippen LogP contribution in [0.3, 0.4) is 0 Å². The van der Waals surface area contributed by atoms with Crippen molar-refractivity contribution in [2.45, 2.75) is 110 Å². The Morgan fingerprint density at radius 3 is 2.05 bits per heavy atom. The Morgan fingerprint density at radius 1 is 0.864 bits per heavy atom. The lowest BCUT2D eigenvalue weighted by atomic mass is 9.99. The fourth-order valence-electron chi connectivity index (χ4n) is 3.04. The van der Waals surface area contributed by atoms with Gasteiger partial charge in [-0.1, -0.05) is 71.1 Å². The van der Waals surface area contributed by atoms with Crippen LogP contribution in [0.15, 0.2) is 5.10 Å². The molecule has 3 nitrogen and oxygen atoms in total. The summed E-state index contributed by atoms with van der Waals surface area (Å²) < 4.78 is 0. The van der Waals surface area contributed by atoms with Gasteiger partial charge in [0, 0.05) is 12.1 Å². The van der Waals surface area contributed by atoms with E-state index in [4.69, 9.17) is 0 Å². The van der Waals surface area contributed by atoms with Crippen LogP contribution in [0, 0.1) is 0 Å². The molecule has 0 saturated heterocycles. The van der Waals surface area contributed by atoms with E-state index in [1.807, 2.05) is 0 Å². The monoisotopic (exact) mass is 308 g/mol. The molecule has 0 bridgehead atoms. The van der Waals surface area contributed by atoms with Crippen molar-refractivity contribution in [1.29, 1.82) is 0 Å². The van der Waals surface area contributed by atoms with Crippen LogP contribution < -0.4 is 5.43 Å². The molecular weight excluding hydrogens is 272 g/mol. The molecule has 0 aromatic heterocycles. The van der Waals surface area contributed by atoms with Crippen LogP contribution in [0.25, 0.3) is 0 Å². The lowest BCUT2D eigenvalue weighted by Gasteiger charge is -2.10. The standard InChI is InChI=1S/C19H36N2O/c1-2-3-4-5-6-7-11-14-17-19(22)21-20-18-15-12-9-8-10-13-16-18/h2-17H2,1H3,(H,21,22). The van der Waals surface area contributed by atoms with E-state index in [1.165, 1.54) is 82.8 Å². The van der Waals surface area contributed by atoms with Crippen LogP contribution in [-0.2, 0) is 4.79 Å². The third-order valence-corrected chi connectivity index (χ3v) is 4.53. The van der Waals surface area contributed by atoms with Crippen LogP contribution in [0.1, 0.15) is 110 Å². The van der Waals surface area contributed by atoms with Crippen LogP contribution in [0.4, 0.5) is 0 Å². The van der Waals surface area contributed by atoms with Crippen molar-refractivity contribution in [2.24, 2.45) is 5.10 Å². The van der Waals surface area contributed by atoms with Gasteiger partial charge in [-0.05, 0) is 32.1 Å². The molecule has 1 aliphatic carbocycles. The summed E-state index contributed by atoms with van der Waals surface area (Å²) in [6.45, 7) is 2.25. The van der Waals surface area contributed by atoms with Crippen molar-refractivity contribution in [3.8, 4) is 0 Å². The van der Waals surface area contributed by atoms with Crippen LogP contribution in [0.2, 0.25) is 0 Å². The van der Waals surface area contributed by atoms with Crippen LogP contribution in [0.5, 0.6) is 0 Å². The Morgan fingerprint density at radius 2 is 1.41 bits per heavy atom. The number of nitrogens with one attached hydrogen (secondary N) is 1. The Kier molecular flexibility index (Phi) is 12.0. The second-order valence-electron chi connectivity index (χ2n) is 6.71. The highest BCUT2D eigenvalue weighted by Gasteiger charge is 2.06. The van der Waals surface area contributed by atoms with E-state index < -0.39 is 0 Å². The van der Waals surface area contributed by atoms with Gasteiger partial charge in [0.15, 0.2) is 0 Å². The summed E-state index contributed by atoms with van der Waals surface area (Å²) in [4.78, 5) is 11.8. The van der Waals surface area contributed by atoms with E-state index in [0.717, 1.165) is 19.3 Å². The number of unbranched alkanes of at least 4 members (excludes halogenated alkanes) is 7. The van der Waals surface area contributed by atoms with E-state index in [2.05, 4.69) is 17.5 Å². The number of amides is 1. The van der Waals surface area contributed by atoms with Crippen molar-refractivity contribution in [3.63, 3.8) is 0 Å². The van der Waals surface area contributed by atoms with Crippen molar-refractivity contribution in [1.82, 2.24) is 5.43 Å². The van der Waals surface area contributed by atoms with Crippen LogP contribution >= 0.6 is 0 Å². The molecule has 1 fully saturated rings. The molecule has 128 valence electrons. The molecule has 0 heterocycles. The molecule has 1 saturated carbocycles. The van der Waals surface area contributed by atoms with Crippen molar-refractivity contribution < 1.29 is 4.79 Å². The lowest BCUT2D eigenvalue weighted by Crippen LogP contribution is -2.19. The van der Waals surface area contributed by atoms with Gasteiger partial charge in [-0.15, -0.1) is 0 Å². The highest BCUT2D eigenvalue weighted by atomic mass is 16.2. The third kappa shape index (κ3) is 10.8. The summed E-state index contributed by atoms with van der Waals surface area (Å²) >= 11 is 0. The first-order valence-corrected chi connectivity index (χ1v) is 9.67. The molecule has 0 spiro atoms. The highest BCUT2D eigenvalue weighted by molar-refractivity contribution is 5.86. The average molecular weight is 309 g/mol. The Bertz CT molecular complexity index is 303. The van der Waals surface area contributed by atoms with Crippen molar-refractivity contribution in [2.75, 3.05) is 0 Å². The van der Waals surface area contributed by atoms with Gasteiger partial charge >= 0.3 is 0 Å². The molecule has 1 amide bonds. The molecule has 3 heteroatoms. The fourth-order valence-corrected chi connectivity index (χ4v) is 3.04. The Balaban J connectivity index is 2.00. The van der Waals surface area contributed by atoms with Gasteiger partial charge in [-0.2, -0.15) is 5.10 Å². The molecule has 0 aromatic carbocycles. The smallest absolute Gasteiger partial charge is 0.240 e. The highest BCUT2D eigenvalue weighted by Crippen LogP contribution is 2.14. The molecule has 0 aromatic rings. The van der Waals surface area contributed by atoms with Gasteiger partial charge in [0.25, 0.3) is 0 Å². The summed E-state index contributed by atoms with van der Waals surface area (Å²) in [6.07, 6.45) is 19.4. The Labute approximate surface area is 137 Å². The van der Waals surface area contributed by atoms with Crippen LogP contribution in [-0.4, -0.2) is 11.6 Å². The summed E-state index contributed by atoms with van der Waals surface area (Å²) in [7, 11) is 0. The quantitative estimate of drug-likeness (QED) is 0.406. The zero-order valence-corrected chi connectivity index (χ0v) is 14.7. The van der Waals surface area contributed by atoms with E-state index in [9.17, 15) is 4.79 Å². The molecule has 0 aliphatic heterocycles. The number of nitrogens with zero attached hydrogens (tertiary/aromatic N) is 1. The van der Waals surface area contributed by atoms with Crippen molar-refractivity contribution >= 4 is 11.6 Å². The maximum Gasteiger partial charge on any atom is 0.240 e. The predicted molar refractivity (Wildman–Crippen MR) is 95.1 cm³/mol. The molecular formula is C19H36N2O.